The zero-order valence-corrected chi connectivity index (χ0v) is 24.6. The quantitative estimate of drug-likeness (QED) is 0.251. The second-order valence-corrected chi connectivity index (χ2v) is 11.3. The number of carboxylic acid groups (broad SMARTS) is 1. The largest absolute Gasteiger partial charge is 0.490 e. The van der Waals surface area contributed by atoms with Gasteiger partial charge in [-0.3, -0.25) is 9.78 Å². The third-order valence-corrected chi connectivity index (χ3v) is 7.39. The number of aliphatic hydroxyl groups excluding tert-OH is 1. The number of fused-ring (bicyclic) bond motifs is 1. The number of anilines is 3. The first-order valence-corrected chi connectivity index (χ1v) is 14.0. The van der Waals surface area contributed by atoms with E-state index in [0.29, 0.717) is 36.1 Å². The standard InChI is InChI=1S/C26H32F2N8O2.C2HF3O2/c1-14(2)16-9-32-23(24(38)33-19-12-29-11-18(19)27)17-10-31-22(8-15(16)17)34-21-4-6-30-25(35-21)36-7-5-20(37)26(3,28)13-36;3-2(4,5)1(6)7/h4,6,8-10,14,18-20,29,37H,5,7,11-13H2,1-3H3,(H,33,38)(H,30,31,34,35);(H,6,7)/t18-,19+,20+,26-;/m0./s1. The molecule has 4 atom stereocenters. The predicted molar refractivity (Wildman–Crippen MR) is 154 cm³/mol. The maximum atomic E-state index is 14.7. The summed E-state index contributed by atoms with van der Waals surface area (Å²) in [4.78, 5) is 41.3. The van der Waals surface area contributed by atoms with E-state index in [1.807, 2.05) is 19.9 Å². The Morgan fingerprint density at radius 3 is 2.44 bits per heavy atom. The number of aliphatic carboxylic acids is 1. The topological polar surface area (TPSA) is 165 Å². The number of carbonyl (C=O) groups excluding carboxylic acids is 1. The van der Waals surface area contributed by atoms with E-state index in [4.69, 9.17) is 9.90 Å². The van der Waals surface area contributed by atoms with Gasteiger partial charge < -0.3 is 31.1 Å². The van der Waals surface area contributed by atoms with Crippen LogP contribution in [0.5, 0.6) is 0 Å². The molecule has 5 heterocycles. The van der Waals surface area contributed by atoms with Crippen molar-refractivity contribution < 1.29 is 41.8 Å². The molecule has 0 aliphatic carbocycles. The second kappa shape index (κ2) is 13.4. The number of nitrogens with one attached hydrogen (secondary N) is 3. The Labute approximate surface area is 254 Å². The smallest absolute Gasteiger partial charge is 0.475 e. The summed E-state index contributed by atoms with van der Waals surface area (Å²) >= 11 is 0. The third kappa shape index (κ3) is 8.08. The normalized spacial score (nSPS) is 23.4. The van der Waals surface area contributed by atoms with E-state index in [0.717, 1.165) is 10.9 Å². The first-order valence-electron chi connectivity index (χ1n) is 14.0. The molecule has 2 aliphatic rings. The Morgan fingerprint density at radius 2 is 1.84 bits per heavy atom. The molecule has 17 heteroatoms. The van der Waals surface area contributed by atoms with Crippen LogP contribution in [-0.4, -0.2) is 98.4 Å². The SMILES string of the molecule is CC(C)c1cnc(C(=O)N[C@@H]2CNC[C@@H]2F)c2cnc(Nc3ccnc(N4CC[C@@H](O)[C@@](C)(F)C4)n3)cc12.O=C(O)C(F)(F)F. The lowest BCUT2D eigenvalue weighted by Crippen LogP contribution is -2.52. The fraction of sp³-hybridized carbons (Fsp3) is 0.500. The monoisotopic (exact) mass is 640 g/mol. The Bertz CT molecular complexity index is 1540. The summed E-state index contributed by atoms with van der Waals surface area (Å²) in [6, 6.07) is 2.90. The van der Waals surface area contributed by atoms with E-state index in [1.165, 1.54) is 6.92 Å². The molecule has 1 amide bonds. The van der Waals surface area contributed by atoms with Crippen molar-refractivity contribution in [3.05, 3.63) is 42.0 Å². The molecule has 244 valence electrons. The van der Waals surface area contributed by atoms with Crippen LogP contribution in [0.15, 0.2) is 30.7 Å². The number of nitrogens with zero attached hydrogens (tertiary/aromatic N) is 5. The number of carbonyl (C=O) groups is 2. The van der Waals surface area contributed by atoms with Gasteiger partial charge in [0.2, 0.25) is 5.95 Å². The molecule has 0 bridgehead atoms. The van der Waals surface area contributed by atoms with Crippen molar-refractivity contribution in [1.82, 2.24) is 30.6 Å². The van der Waals surface area contributed by atoms with Crippen molar-refractivity contribution in [3.63, 3.8) is 0 Å². The predicted octanol–water partition coefficient (Wildman–Crippen LogP) is 3.26. The first-order chi connectivity index (χ1) is 21.1. The van der Waals surface area contributed by atoms with Crippen molar-refractivity contribution in [2.75, 3.05) is 36.4 Å². The molecular formula is C28H33F5N8O4. The van der Waals surface area contributed by atoms with Gasteiger partial charge in [-0.2, -0.15) is 18.2 Å². The molecule has 2 saturated heterocycles. The number of amides is 1. The van der Waals surface area contributed by atoms with Gasteiger partial charge in [0.15, 0.2) is 5.67 Å². The van der Waals surface area contributed by atoms with E-state index >= 15 is 0 Å². The van der Waals surface area contributed by atoms with Gasteiger partial charge in [0.05, 0.1) is 18.7 Å². The van der Waals surface area contributed by atoms with Crippen LogP contribution in [-0.2, 0) is 4.79 Å². The molecule has 0 spiro atoms. The van der Waals surface area contributed by atoms with Crippen LogP contribution in [0.2, 0.25) is 0 Å². The fourth-order valence-corrected chi connectivity index (χ4v) is 4.90. The minimum absolute atomic E-state index is 0.0124. The average molecular weight is 641 g/mol. The average Bonchev–Trinajstić information content (AvgIpc) is 3.37. The molecule has 0 aromatic carbocycles. The van der Waals surface area contributed by atoms with Crippen LogP contribution in [0.4, 0.5) is 39.5 Å². The Kier molecular flexibility index (Phi) is 10.0. The van der Waals surface area contributed by atoms with Gasteiger partial charge in [0.25, 0.3) is 5.91 Å². The van der Waals surface area contributed by atoms with Crippen molar-refractivity contribution in [2.45, 2.75) is 63.3 Å². The van der Waals surface area contributed by atoms with Crippen LogP contribution in [0, 0.1) is 0 Å². The number of aliphatic hydroxyl groups is 1. The highest BCUT2D eigenvalue weighted by molar-refractivity contribution is 6.06. The van der Waals surface area contributed by atoms with Gasteiger partial charge in [0, 0.05) is 43.6 Å². The molecule has 2 aliphatic heterocycles. The Morgan fingerprint density at radius 1 is 1.13 bits per heavy atom. The molecular weight excluding hydrogens is 607 g/mol. The maximum Gasteiger partial charge on any atom is 0.490 e. The molecule has 0 radical (unpaired) electrons. The molecule has 45 heavy (non-hydrogen) atoms. The van der Waals surface area contributed by atoms with E-state index < -0.39 is 42.0 Å². The molecule has 5 rings (SSSR count). The minimum Gasteiger partial charge on any atom is -0.475 e. The van der Waals surface area contributed by atoms with E-state index in [-0.39, 0.29) is 31.1 Å². The Balaban J connectivity index is 0.000000591. The number of hydrogen-bond acceptors (Lipinski definition) is 10. The lowest BCUT2D eigenvalue weighted by Gasteiger charge is -2.38. The lowest BCUT2D eigenvalue weighted by atomic mass is 9.94. The zero-order chi connectivity index (χ0) is 33.1. The fourth-order valence-electron chi connectivity index (χ4n) is 4.90. The number of halogens is 5. The summed E-state index contributed by atoms with van der Waals surface area (Å²) in [5.41, 5.74) is -0.630. The molecule has 3 aromatic rings. The van der Waals surface area contributed by atoms with E-state index in [1.54, 1.807) is 29.6 Å². The summed E-state index contributed by atoms with van der Waals surface area (Å²) in [7, 11) is 0. The van der Waals surface area contributed by atoms with Crippen molar-refractivity contribution in [2.24, 2.45) is 0 Å². The summed E-state index contributed by atoms with van der Waals surface area (Å²) < 4.78 is 60.5. The summed E-state index contributed by atoms with van der Waals surface area (Å²) in [6.45, 7) is 6.44. The van der Waals surface area contributed by atoms with Gasteiger partial charge in [-0.25, -0.2) is 23.5 Å². The van der Waals surface area contributed by atoms with Crippen molar-refractivity contribution in [1.29, 1.82) is 0 Å². The van der Waals surface area contributed by atoms with Gasteiger partial charge in [-0.05, 0) is 42.3 Å². The van der Waals surface area contributed by atoms with E-state index in [9.17, 15) is 31.9 Å². The van der Waals surface area contributed by atoms with Crippen LogP contribution in [0.25, 0.3) is 10.8 Å². The van der Waals surface area contributed by atoms with Crippen LogP contribution in [0.1, 0.15) is 49.2 Å². The number of rotatable bonds is 6. The molecule has 3 aromatic heterocycles. The maximum absolute atomic E-state index is 14.7. The molecule has 0 saturated carbocycles. The van der Waals surface area contributed by atoms with Crippen LogP contribution < -0.4 is 20.9 Å². The summed E-state index contributed by atoms with van der Waals surface area (Å²) in [6.07, 6.45) is -2.15. The highest BCUT2D eigenvalue weighted by Crippen LogP contribution is 2.30. The van der Waals surface area contributed by atoms with Gasteiger partial charge in [-0.1, -0.05) is 13.8 Å². The zero-order valence-electron chi connectivity index (χ0n) is 24.6. The van der Waals surface area contributed by atoms with Gasteiger partial charge in [0.1, 0.15) is 23.5 Å². The highest BCUT2D eigenvalue weighted by Gasteiger charge is 2.40. The number of carboxylic acids is 1. The van der Waals surface area contributed by atoms with Gasteiger partial charge >= 0.3 is 12.1 Å². The number of piperidine rings is 1. The van der Waals surface area contributed by atoms with E-state index in [2.05, 4.69) is 35.9 Å². The highest BCUT2D eigenvalue weighted by atomic mass is 19.4. The minimum atomic E-state index is -5.08. The van der Waals surface area contributed by atoms with Crippen LogP contribution >= 0.6 is 0 Å². The Hall–Kier alpha value is -4.25. The number of hydrogen-bond donors (Lipinski definition) is 5. The van der Waals surface area contributed by atoms with Gasteiger partial charge in [-0.15, -0.1) is 0 Å². The van der Waals surface area contributed by atoms with Crippen molar-refractivity contribution >= 4 is 40.2 Å². The number of pyridine rings is 2. The number of alkyl halides is 5. The first kappa shape index (κ1) is 33.6. The van der Waals surface area contributed by atoms with Crippen molar-refractivity contribution in [3.8, 4) is 0 Å². The molecule has 2 fully saturated rings. The van der Waals surface area contributed by atoms with Crippen LogP contribution in [0.3, 0.4) is 0 Å². The number of aromatic nitrogens is 4. The summed E-state index contributed by atoms with van der Waals surface area (Å²) in [5.74, 6) is -1.76. The third-order valence-electron chi connectivity index (χ3n) is 7.39. The molecule has 0 unspecified atom stereocenters. The second-order valence-electron chi connectivity index (χ2n) is 11.3. The summed E-state index contributed by atoms with van der Waals surface area (Å²) in [5, 5.41) is 27.3. The molecule has 12 nitrogen and oxygen atoms in total. The molecule has 5 N–H and O–H groups in total. The lowest BCUT2D eigenvalue weighted by molar-refractivity contribution is -0.192.